The Kier molecular flexibility index (Phi) is 3.13. The summed E-state index contributed by atoms with van der Waals surface area (Å²) >= 11 is 1.75. The third kappa shape index (κ3) is 2.42. The van der Waals surface area contributed by atoms with E-state index in [1.165, 1.54) is 16.0 Å². The molecule has 0 aliphatic carbocycles. The number of benzene rings is 2. The Bertz CT molecular complexity index is 738. The first-order valence-corrected chi connectivity index (χ1v) is 7.29. The van der Waals surface area contributed by atoms with Crippen LogP contribution in [-0.2, 0) is 0 Å². The van der Waals surface area contributed by atoms with Crippen LogP contribution in [0.25, 0.3) is 22.0 Å². The van der Waals surface area contributed by atoms with Crippen LogP contribution in [0, 0.1) is 0 Å². The zero-order valence-electron chi connectivity index (χ0n) is 10.6. The maximum absolute atomic E-state index is 5.70. The molecular formula is C16H14N2S. The Balaban J connectivity index is 2.12. The number of thioether (sulfide) groups is 1. The van der Waals surface area contributed by atoms with E-state index in [-0.39, 0.29) is 0 Å². The number of nitrogens with zero attached hydrogens (tertiary/aromatic N) is 1. The van der Waals surface area contributed by atoms with Crippen molar-refractivity contribution in [1.29, 1.82) is 0 Å². The fourth-order valence-electron chi connectivity index (χ4n) is 2.12. The highest BCUT2D eigenvalue weighted by Gasteiger charge is 2.02. The molecule has 2 nitrogen and oxygen atoms in total. The van der Waals surface area contributed by atoms with Gasteiger partial charge < -0.3 is 5.73 Å². The van der Waals surface area contributed by atoms with Gasteiger partial charge >= 0.3 is 0 Å². The summed E-state index contributed by atoms with van der Waals surface area (Å²) in [4.78, 5) is 5.59. The smallest absolute Gasteiger partial charge is 0.124 e. The van der Waals surface area contributed by atoms with Gasteiger partial charge in [-0.2, -0.15) is 0 Å². The zero-order chi connectivity index (χ0) is 13.2. The van der Waals surface area contributed by atoms with E-state index >= 15 is 0 Å². The molecule has 2 aromatic carbocycles. The predicted octanol–water partition coefficient (Wildman–Crippen LogP) is 4.21. The first-order chi connectivity index (χ1) is 9.26. The maximum Gasteiger partial charge on any atom is 0.124 e. The fourth-order valence-corrected chi connectivity index (χ4v) is 2.58. The van der Waals surface area contributed by atoms with Crippen molar-refractivity contribution >= 4 is 28.5 Å². The summed E-state index contributed by atoms with van der Waals surface area (Å²) < 4.78 is 0. The lowest BCUT2D eigenvalue weighted by molar-refractivity contribution is 1.41. The van der Waals surface area contributed by atoms with Crippen LogP contribution in [0.5, 0.6) is 0 Å². The topological polar surface area (TPSA) is 38.9 Å². The van der Waals surface area contributed by atoms with Gasteiger partial charge in [-0.05, 0) is 53.8 Å². The van der Waals surface area contributed by atoms with E-state index in [9.17, 15) is 0 Å². The first-order valence-electron chi connectivity index (χ1n) is 6.07. The number of nitrogens with two attached hydrogens (primary N) is 1. The second-order valence-corrected chi connectivity index (χ2v) is 5.26. The number of hydrogen-bond donors (Lipinski definition) is 1. The highest BCUT2D eigenvalue weighted by molar-refractivity contribution is 7.98. The molecule has 3 rings (SSSR count). The molecule has 94 valence electrons. The predicted molar refractivity (Wildman–Crippen MR) is 83.4 cm³/mol. The molecule has 1 heterocycles. The molecule has 0 atom stereocenters. The minimum absolute atomic E-state index is 0.560. The van der Waals surface area contributed by atoms with Gasteiger partial charge in [0.2, 0.25) is 0 Å². The van der Waals surface area contributed by atoms with Crippen molar-refractivity contribution in [1.82, 2.24) is 4.98 Å². The van der Waals surface area contributed by atoms with Gasteiger partial charge in [-0.3, -0.25) is 0 Å². The summed E-state index contributed by atoms with van der Waals surface area (Å²) in [5, 5.41) is 1.11. The van der Waals surface area contributed by atoms with E-state index in [2.05, 4.69) is 47.6 Å². The van der Waals surface area contributed by atoms with Crippen molar-refractivity contribution in [3.8, 4) is 11.1 Å². The van der Waals surface area contributed by atoms with Crippen molar-refractivity contribution in [2.24, 2.45) is 0 Å². The standard InChI is InChI=1S/C16H14N2S/c1-19-14-4-2-3-11(10-14)12-5-7-15-13(9-12)6-8-16(17)18-15/h2-10H,1H3,(H2,17,18). The Morgan fingerprint density at radius 3 is 2.63 bits per heavy atom. The molecule has 19 heavy (non-hydrogen) atoms. The van der Waals surface area contributed by atoms with E-state index < -0.39 is 0 Å². The SMILES string of the molecule is CSc1cccc(-c2ccc3nc(N)ccc3c2)c1. The number of rotatable bonds is 2. The Morgan fingerprint density at radius 2 is 1.79 bits per heavy atom. The molecule has 1 aromatic heterocycles. The van der Waals surface area contributed by atoms with Gasteiger partial charge in [-0.15, -0.1) is 11.8 Å². The van der Waals surface area contributed by atoms with Gasteiger partial charge in [0, 0.05) is 10.3 Å². The van der Waals surface area contributed by atoms with Crippen LogP contribution in [0.2, 0.25) is 0 Å². The molecule has 0 saturated heterocycles. The number of fused-ring (bicyclic) bond motifs is 1. The van der Waals surface area contributed by atoms with E-state index in [0.717, 1.165) is 10.9 Å². The quantitative estimate of drug-likeness (QED) is 0.706. The first kappa shape index (κ1) is 12.1. The summed E-state index contributed by atoms with van der Waals surface area (Å²) in [6.07, 6.45) is 2.09. The number of hydrogen-bond acceptors (Lipinski definition) is 3. The summed E-state index contributed by atoms with van der Waals surface area (Å²) in [7, 11) is 0. The van der Waals surface area contributed by atoms with Crippen molar-refractivity contribution < 1.29 is 0 Å². The zero-order valence-corrected chi connectivity index (χ0v) is 11.4. The molecular weight excluding hydrogens is 252 g/mol. The third-order valence-electron chi connectivity index (χ3n) is 3.11. The second-order valence-electron chi connectivity index (χ2n) is 4.38. The Labute approximate surface area is 116 Å². The molecule has 0 aliphatic rings. The molecule has 0 bridgehead atoms. The molecule has 2 N–H and O–H groups in total. The molecule has 0 saturated carbocycles. The van der Waals surface area contributed by atoms with Crippen LogP contribution in [0.4, 0.5) is 5.82 Å². The second kappa shape index (κ2) is 4.94. The molecule has 3 heteroatoms. The fraction of sp³-hybridized carbons (Fsp3) is 0.0625. The summed E-state index contributed by atoms with van der Waals surface area (Å²) in [5.41, 5.74) is 9.06. The molecule has 0 unspecified atom stereocenters. The van der Waals surface area contributed by atoms with E-state index in [4.69, 9.17) is 5.73 Å². The lowest BCUT2D eigenvalue weighted by Gasteiger charge is -2.06. The van der Waals surface area contributed by atoms with Crippen LogP contribution in [0.3, 0.4) is 0 Å². The van der Waals surface area contributed by atoms with E-state index in [0.29, 0.717) is 5.82 Å². The van der Waals surface area contributed by atoms with Crippen molar-refractivity contribution in [3.63, 3.8) is 0 Å². The Morgan fingerprint density at radius 1 is 0.947 bits per heavy atom. The maximum atomic E-state index is 5.70. The van der Waals surface area contributed by atoms with Gasteiger partial charge in [0.15, 0.2) is 0 Å². The monoisotopic (exact) mass is 266 g/mol. The summed E-state index contributed by atoms with van der Waals surface area (Å²) in [5.74, 6) is 0.560. The number of aromatic nitrogens is 1. The van der Waals surface area contributed by atoms with Gasteiger partial charge in [0.1, 0.15) is 5.82 Å². The lowest BCUT2D eigenvalue weighted by Crippen LogP contribution is -1.89. The van der Waals surface area contributed by atoms with E-state index in [1.54, 1.807) is 11.8 Å². The van der Waals surface area contributed by atoms with Crippen molar-refractivity contribution in [2.75, 3.05) is 12.0 Å². The minimum Gasteiger partial charge on any atom is -0.384 e. The van der Waals surface area contributed by atoms with Gasteiger partial charge in [0.05, 0.1) is 5.52 Å². The average molecular weight is 266 g/mol. The summed E-state index contributed by atoms with van der Waals surface area (Å²) in [6.45, 7) is 0. The largest absolute Gasteiger partial charge is 0.384 e. The van der Waals surface area contributed by atoms with Gasteiger partial charge in [-0.1, -0.05) is 18.2 Å². The molecule has 0 aliphatic heterocycles. The highest BCUT2D eigenvalue weighted by Crippen LogP contribution is 2.27. The number of nitrogen functional groups attached to an aromatic ring is 1. The van der Waals surface area contributed by atoms with Crippen LogP contribution in [0.15, 0.2) is 59.5 Å². The number of pyridine rings is 1. The van der Waals surface area contributed by atoms with Crippen molar-refractivity contribution in [3.05, 3.63) is 54.6 Å². The lowest BCUT2D eigenvalue weighted by atomic mass is 10.0. The van der Waals surface area contributed by atoms with Gasteiger partial charge in [-0.25, -0.2) is 4.98 Å². The van der Waals surface area contributed by atoms with E-state index in [1.807, 2.05) is 18.2 Å². The van der Waals surface area contributed by atoms with Crippen LogP contribution < -0.4 is 5.73 Å². The highest BCUT2D eigenvalue weighted by atomic mass is 32.2. The molecule has 0 spiro atoms. The van der Waals surface area contributed by atoms with Crippen LogP contribution in [-0.4, -0.2) is 11.2 Å². The average Bonchev–Trinajstić information content (AvgIpc) is 2.46. The van der Waals surface area contributed by atoms with Crippen molar-refractivity contribution in [2.45, 2.75) is 4.90 Å². The minimum atomic E-state index is 0.560. The molecule has 0 amide bonds. The molecule has 0 fully saturated rings. The third-order valence-corrected chi connectivity index (χ3v) is 3.84. The molecule has 3 aromatic rings. The van der Waals surface area contributed by atoms with Crippen LogP contribution >= 0.6 is 11.8 Å². The summed E-state index contributed by atoms with van der Waals surface area (Å²) in [6, 6.07) is 18.7. The number of anilines is 1. The normalized spacial score (nSPS) is 10.8. The van der Waals surface area contributed by atoms with Crippen LogP contribution in [0.1, 0.15) is 0 Å². The van der Waals surface area contributed by atoms with Gasteiger partial charge in [0.25, 0.3) is 0 Å². The Hall–Kier alpha value is -2.00. The molecule has 0 radical (unpaired) electrons.